The van der Waals surface area contributed by atoms with Gasteiger partial charge in [0, 0.05) is 16.2 Å². The smallest absolute Gasteiger partial charge is 0.341 e. The molecule has 5 heteroatoms. The monoisotopic (exact) mass is 379 g/mol. The lowest BCUT2D eigenvalue weighted by atomic mass is 10.1. The molecule has 0 aliphatic heterocycles. The van der Waals surface area contributed by atoms with Crippen molar-refractivity contribution in [2.24, 2.45) is 0 Å². The minimum Gasteiger partial charge on any atom is -0.462 e. The van der Waals surface area contributed by atoms with Gasteiger partial charge in [0.1, 0.15) is 10.6 Å². The summed E-state index contributed by atoms with van der Waals surface area (Å²) in [7, 11) is 0. The van der Waals surface area contributed by atoms with Gasteiger partial charge in [0.05, 0.1) is 6.61 Å². The van der Waals surface area contributed by atoms with Crippen LogP contribution < -0.4 is 5.32 Å². The standard InChI is InChI=1S/C22H21NO3S/c1-2-3-15-26-22(25)20-17-11-7-8-12-18(17)27-21(20)23-19(24)14-13-16-9-5-4-6-10-16/h4-14H,2-3,15H2,1H3,(H,23,24)/b14-13+. The van der Waals surface area contributed by atoms with Gasteiger partial charge in [-0.2, -0.15) is 0 Å². The van der Waals surface area contributed by atoms with E-state index in [0.29, 0.717) is 17.2 Å². The highest BCUT2D eigenvalue weighted by atomic mass is 32.1. The quantitative estimate of drug-likeness (QED) is 0.334. The molecule has 1 aromatic heterocycles. The topological polar surface area (TPSA) is 55.4 Å². The molecule has 0 aliphatic rings. The molecule has 1 heterocycles. The van der Waals surface area contributed by atoms with E-state index in [1.165, 1.54) is 17.4 Å². The fourth-order valence-electron chi connectivity index (χ4n) is 2.61. The second-order valence-electron chi connectivity index (χ2n) is 6.03. The third-order valence-corrected chi connectivity index (χ3v) is 5.08. The zero-order valence-corrected chi connectivity index (χ0v) is 15.9. The highest BCUT2D eigenvalue weighted by Gasteiger charge is 2.21. The highest BCUT2D eigenvalue weighted by Crippen LogP contribution is 2.36. The van der Waals surface area contributed by atoms with E-state index in [2.05, 4.69) is 5.32 Å². The first kappa shape index (κ1) is 18.9. The van der Waals surface area contributed by atoms with Crippen LogP contribution in [0.5, 0.6) is 0 Å². The molecule has 0 unspecified atom stereocenters. The van der Waals surface area contributed by atoms with Gasteiger partial charge < -0.3 is 10.1 Å². The molecular formula is C22H21NO3S. The molecule has 1 amide bonds. The summed E-state index contributed by atoms with van der Waals surface area (Å²) in [5.41, 5.74) is 1.36. The van der Waals surface area contributed by atoms with E-state index in [0.717, 1.165) is 28.5 Å². The number of hydrogen-bond donors (Lipinski definition) is 1. The molecule has 0 atom stereocenters. The molecular weight excluding hydrogens is 358 g/mol. The normalized spacial score (nSPS) is 11.0. The van der Waals surface area contributed by atoms with Crippen molar-refractivity contribution in [3.63, 3.8) is 0 Å². The third kappa shape index (κ3) is 4.83. The van der Waals surface area contributed by atoms with Crippen LogP contribution in [0, 0.1) is 0 Å². The molecule has 3 aromatic rings. The molecule has 3 rings (SSSR count). The van der Waals surface area contributed by atoms with Gasteiger partial charge in [0.2, 0.25) is 5.91 Å². The molecule has 0 bridgehead atoms. The minimum absolute atomic E-state index is 0.284. The zero-order valence-electron chi connectivity index (χ0n) is 15.1. The average molecular weight is 379 g/mol. The van der Waals surface area contributed by atoms with Crippen molar-refractivity contribution < 1.29 is 14.3 Å². The average Bonchev–Trinajstić information content (AvgIpc) is 3.05. The highest BCUT2D eigenvalue weighted by molar-refractivity contribution is 7.23. The number of unbranched alkanes of at least 4 members (excludes halogenated alkanes) is 1. The molecule has 0 saturated carbocycles. The van der Waals surface area contributed by atoms with E-state index in [4.69, 9.17) is 4.74 Å². The van der Waals surface area contributed by atoms with Crippen molar-refractivity contribution in [3.05, 3.63) is 71.8 Å². The lowest BCUT2D eigenvalue weighted by Gasteiger charge is -2.06. The van der Waals surface area contributed by atoms with Crippen molar-refractivity contribution in [2.45, 2.75) is 19.8 Å². The number of thiophene rings is 1. The van der Waals surface area contributed by atoms with Crippen molar-refractivity contribution in [1.82, 2.24) is 0 Å². The van der Waals surface area contributed by atoms with Crippen LogP contribution in [0.15, 0.2) is 60.7 Å². The fraction of sp³-hybridized carbons (Fsp3) is 0.182. The summed E-state index contributed by atoms with van der Waals surface area (Å²) in [6.45, 7) is 2.42. The molecule has 27 heavy (non-hydrogen) atoms. The molecule has 138 valence electrons. The van der Waals surface area contributed by atoms with Crippen LogP contribution in [0.1, 0.15) is 35.7 Å². The molecule has 0 radical (unpaired) electrons. The first-order valence-corrected chi connectivity index (χ1v) is 9.73. The molecule has 1 N–H and O–H groups in total. The van der Waals surface area contributed by atoms with Gasteiger partial charge in [-0.3, -0.25) is 4.79 Å². The first-order valence-electron chi connectivity index (χ1n) is 8.92. The number of carbonyl (C=O) groups is 2. The first-order chi connectivity index (χ1) is 13.2. The van der Waals surface area contributed by atoms with Crippen LogP contribution in [0.3, 0.4) is 0 Å². The lowest BCUT2D eigenvalue weighted by Crippen LogP contribution is -2.12. The molecule has 0 saturated heterocycles. The summed E-state index contributed by atoms with van der Waals surface area (Å²) in [6.07, 6.45) is 4.97. The predicted octanol–water partition coefficient (Wildman–Crippen LogP) is 5.51. The largest absolute Gasteiger partial charge is 0.462 e. The third-order valence-electron chi connectivity index (χ3n) is 3.99. The number of anilines is 1. The lowest BCUT2D eigenvalue weighted by molar-refractivity contribution is -0.111. The van der Waals surface area contributed by atoms with Crippen LogP contribution in [0.2, 0.25) is 0 Å². The Hall–Kier alpha value is -2.92. The van der Waals surface area contributed by atoms with Gasteiger partial charge in [-0.05, 0) is 24.1 Å². The van der Waals surface area contributed by atoms with Crippen LogP contribution >= 0.6 is 11.3 Å². The Morgan fingerprint density at radius 3 is 2.59 bits per heavy atom. The number of benzene rings is 2. The summed E-state index contributed by atoms with van der Waals surface area (Å²) >= 11 is 1.37. The van der Waals surface area contributed by atoms with Crippen molar-refractivity contribution >= 4 is 44.4 Å². The summed E-state index contributed by atoms with van der Waals surface area (Å²) in [6, 6.07) is 17.2. The van der Waals surface area contributed by atoms with Gasteiger partial charge in [0.15, 0.2) is 0 Å². The molecule has 0 spiro atoms. The number of fused-ring (bicyclic) bond motifs is 1. The fourth-order valence-corrected chi connectivity index (χ4v) is 3.70. The van der Waals surface area contributed by atoms with Crippen molar-refractivity contribution in [1.29, 1.82) is 0 Å². The zero-order chi connectivity index (χ0) is 19.1. The minimum atomic E-state index is -0.400. The van der Waals surface area contributed by atoms with Gasteiger partial charge in [-0.25, -0.2) is 4.79 Å². The van der Waals surface area contributed by atoms with Crippen LogP contribution in [-0.2, 0) is 9.53 Å². The molecule has 0 fully saturated rings. The van der Waals surface area contributed by atoms with Gasteiger partial charge >= 0.3 is 5.97 Å². The van der Waals surface area contributed by atoms with Gasteiger partial charge in [0.25, 0.3) is 0 Å². The second kappa shape index (κ2) is 9.14. The Balaban J connectivity index is 1.82. The number of esters is 1. The van der Waals surface area contributed by atoms with Crippen LogP contribution in [0.25, 0.3) is 16.2 Å². The Bertz CT molecular complexity index is 960. The predicted molar refractivity (Wildman–Crippen MR) is 111 cm³/mol. The number of amides is 1. The summed E-state index contributed by atoms with van der Waals surface area (Å²) in [4.78, 5) is 24.9. The maximum Gasteiger partial charge on any atom is 0.341 e. The number of hydrogen-bond acceptors (Lipinski definition) is 4. The molecule has 2 aromatic carbocycles. The van der Waals surface area contributed by atoms with E-state index in [-0.39, 0.29) is 5.91 Å². The Labute approximate surface area is 162 Å². The second-order valence-corrected chi connectivity index (χ2v) is 7.08. The van der Waals surface area contributed by atoms with E-state index >= 15 is 0 Å². The number of carbonyl (C=O) groups excluding carboxylic acids is 2. The summed E-state index contributed by atoms with van der Waals surface area (Å²) < 4.78 is 6.32. The van der Waals surface area contributed by atoms with E-state index in [9.17, 15) is 9.59 Å². The Morgan fingerprint density at radius 2 is 1.81 bits per heavy atom. The Morgan fingerprint density at radius 1 is 1.07 bits per heavy atom. The van der Waals surface area contributed by atoms with Gasteiger partial charge in [-0.15, -0.1) is 11.3 Å². The number of rotatable bonds is 7. The van der Waals surface area contributed by atoms with E-state index in [1.54, 1.807) is 6.08 Å². The van der Waals surface area contributed by atoms with Crippen LogP contribution in [-0.4, -0.2) is 18.5 Å². The number of ether oxygens (including phenoxy) is 1. The van der Waals surface area contributed by atoms with E-state index < -0.39 is 5.97 Å². The van der Waals surface area contributed by atoms with Gasteiger partial charge in [-0.1, -0.05) is 61.9 Å². The van der Waals surface area contributed by atoms with Crippen molar-refractivity contribution in [2.75, 3.05) is 11.9 Å². The maximum absolute atomic E-state index is 12.6. The summed E-state index contributed by atoms with van der Waals surface area (Å²) in [5, 5.41) is 4.15. The SMILES string of the molecule is CCCCOC(=O)c1c(NC(=O)/C=C/c2ccccc2)sc2ccccc12. The molecule has 4 nitrogen and oxygen atoms in total. The van der Waals surface area contributed by atoms with Crippen molar-refractivity contribution in [3.8, 4) is 0 Å². The van der Waals surface area contributed by atoms with E-state index in [1.807, 2.05) is 61.5 Å². The van der Waals surface area contributed by atoms with Crippen LogP contribution in [0.4, 0.5) is 5.00 Å². The maximum atomic E-state index is 12.6. The molecule has 0 aliphatic carbocycles. The summed E-state index contributed by atoms with van der Waals surface area (Å²) in [5.74, 6) is -0.684. The number of nitrogens with one attached hydrogen (secondary N) is 1. The Kier molecular flexibility index (Phi) is 6.39.